The molecule has 0 saturated carbocycles. The number of fused-ring (bicyclic) bond motifs is 1. The third kappa shape index (κ3) is 4.44. The zero-order valence-corrected chi connectivity index (χ0v) is 17.4. The van der Waals surface area contributed by atoms with Crippen LogP contribution in [0.1, 0.15) is 29.4 Å². The highest BCUT2D eigenvalue weighted by Gasteiger charge is 2.38. The van der Waals surface area contributed by atoms with Crippen LogP contribution in [0.2, 0.25) is 0 Å². The first-order valence-corrected chi connectivity index (χ1v) is 10.1. The van der Waals surface area contributed by atoms with Crippen LogP contribution in [0.3, 0.4) is 0 Å². The molecule has 0 spiro atoms. The molecule has 1 aliphatic carbocycles. The Morgan fingerprint density at radius 1 is 1.38 bits per heavy atom. The number of alkyl halides is 3. The van der Waals surface area contributed by atoms with Crippen LogP contribution in [0, 0.1) is 0 Å². The molecule has 1 N–H and O–H groups in total. The van der Waals surface area contributed by atoms with Gasteiger partial charge in [0.1, 0.15) is 5.76 Å². The van der Waals surface area contributed by atoms with Crippen molar-refractivity contribution in [3.63, 3.8) is 0 Å². The predicted octanol–water partition coefficient (Wildman–Crippen LogP) is 5.54. The van der Waals surface area contributed by atoms with Gasteiger partial charge in [-0.25, -0.2) is 0 Å². The molecule has 2 heterocycles. The standard InChI is InChI=1S/C18H13ClF3NO4S2/c1-7-8(5-12(24)25)14-10(23-7)6-9(19)17(27-2)15(14)16(26)11-3-4-13(28-11)29-18(20,21)22/h3-4H,5-6H2,1-2H3,(H,24,25). The van der Waals surface area contributed by atoms with Gasteiger partial charge >= 0.3 is 11.5 Å². The summed E-state index contributed by atoms with van der Waals surface area (Å²) >= 11 is 6.66. The Morgan fingerprint density at radius 3 is 2.66 bits per heavy atom. The number of nitrogens with zero attached hydrogens (tertiary/aromatic N) is 1. The molecule has 0 amide bonds. The van der Waals surface area contributed by atoms with Crippen molar-refractivity contribution >= 4 is 52.2 Å². The molecule has 0 atom stereocenters. The Balaban J connectivity index is 2.12. The third-order valence-electron chi connectivity index (χ3n) is 4.16. The van der Waals surface area contributed by atoms with E-state index in [4.69, 9.17) is 16.3 Å². The van der Waals surface area contributed by atoms with Crippen LogP contribution in [0.25, 0.3) is 0 Å². The minimum atomic E-state index is -4.47. The van der Waals surface area contributed by atoms with Crippen molar-refractivity contribution in [2.75, 3.05) is 7.11 Å². The number of hydrogen-bond acceptors (Lipinski definition) is 6. The number of hydrogen-bond donors (Lipinski definition) is 1. The molecule has 2 aliphatic rings. The van der Waals surface area contributed by atoms with Crippen LogP contribution in [0.5, 0.6) is 0 Å². The average Bonchev–Trinajstić information content (AvgIpc) is 3.16. The van der Waals surface area contributed by atoms with Gasteiger partial charge in [0.25, 0.3) is 0 Å². The van der Waals surface area contributed by atoms with Crippen LogP contribution in [0.4, 0.5) is 13.2 Å². The van der Waals surface area contributed by atoms with Crippen molar-refractivity contribution < 1.29 is 32.6 Å². The van der Waals surface area contributed by atoms with Gasteiger partial charge in [0.2, 0.25) is 5.78 Å². The number of carboxylic acid groups (broad SMARTS) is 1. The number of rotatable bonds is 6. The number of allylic oxidation sites excluding steroid dienone is 4. The van der Waals surface area contributed by atoms with E-state index in [1.165, 1.54) is 19.2 Å². The summed E-state index contributed by atoms with van der Waals surface area (Å²) in [6.07, 6.45) is -0.198. The summed E-state index contributed by atoms with van der Waals surface area (Å²) in [4.78, 5) is 28.9. The molecule has 3 rings (SSSR count). The number of thiophene rings is 1. The summed E-state index contributed by atoms with van der Waals surface area (Å²) in [6.45, 7) is 1.63. The highest BCUT2D eigenvalue weighted by molar-refractivity contribution is 8.02. The molecule has 1 aromatic rings. The van der Waals surface area contributed by atoms with E-state index in [9.17, 15) is 27.9 Å². The lowest BCUT2D eigenvalue weighted by Gasteiger charge is -2.22. The van der Waals surface area contributed by atoms with Gasteiger partial charge in [-0.05, 0) is 36.4 Å². The molecule has 5 nitrogen and oxygen atoms in total. The fourth-order valence-corrected chi connectivity index (χ4v) is 5.18. The van der Waals surface area contributed by atoms with Crippen molar-refractivity contribution in [2.24, 2.45) is 4.99 Å². The van der Waals surface area contributed by atoms with Gasteiger partial charge in [0.05, 0.1) is 38.9 Å². The molecule has 154 valence electrons. The molecular weight excluding hydrogens is 451 g/mol. The maximum absolute atomic E-state index is 13.2. The number of thioether (sulfide) groups is 1. The largest absolute Gasteiger partial charge is 0.495 e. The maximum Gasteiger partial charge on any atom is 0.447 e. The number of carbonyl (C=O) groups excluding carboxylic acids is 1. The first-order valence-electron chi connectivity index (χ1n) is 8.09. The summed E-state index contributed by atoms with van der Waals surface area (Å²) in [5, 5.41) is 9.45. The van der Waals surface area contributed by atoms with Crippen molar-refractivity contribution in [2.45, 2.75) is 29.5 Å². The van der Waals surface area contributed by atoms with Crippen molar-refractivity contribution in [3.8, 4) is 0 Å². The van der Waals surface area contributed by atoms with Crippen LogP contribution in [-0.4, -0.2) is 35.2 Å². The monoisotopic (exact) mass is 463 g/mol. The minimum absolute atomic E-state index is 0.0148. The Bertz CT molecular complexity index is 1030. The summed E-state index contributed by atoms with van der Waals surface area (Å²) in [7, 11) is 1.31. The lowest BCUT2D eigenvalue weighted by atomic mass is 9.86. The number of carboxylic acids is 1. The molecule has 0 radical (unpaired) electrons. The lowest BCUT2D eigenvalue weighted by molar-refractivity contribution is -0.136. The second-order valence-corrected chi connectivity index (χ2v) is 8.96. The molecule has 29 heavy (non-hydrogen) atoms. The fourth-order valence-electron chi connectivity index (χ4n) is 3.11. The number of ketones is 1. The molecule has 1 aliphatic heterocycles. The molecule has 0 bridgehead atoms. The first-order chi connectivity index (χ1) is 13.5. The van der Waals surface area contributed by atoms with E-state index in [-0.39, 0.29) is 50.1 Å². The maximum atomic E-state index is 13.2. The quantitative estimate of drug-likeness (QED) is 0.442. The van der Waals surface area contributed by atoms with Crippen molar-refractivity contribution in [3.05, 3.63) is 50.2 Å². The zero-order valence-electron chi connectivity index (χ0n) is 15.0. The third-order valence-corrected chi connectivity index (χ3v) is 6.41. The van der Waals surface area contributed by atoms with Gasteiger partial charge in [0.15, 0.2) is 0 Å². The van der Waals surface area contributed by atoms with Gasteiger partial charge in [0, 0.05) is 17.7 Å². The van der Waals surface area contributed by atoms with E-state index in [1.807, 2.05) is 0 Å². The SMILES string of the molecule is COC1=C(Cl)CC2=NC(C)=C(CC(=O)O)C2=C1C(=O)c1ccc(SC(F)(F)F)s1. The summed E-state index contributed by atoms with van der Waals surface area (Å²) in [6, 6.07) is 2.51. The molecule has 0 fully saturated rings. The Morgan fingerprint density at radius 2 is 2.07 bits per heavy atom. The summed E-state index contributed by atoms with van der Waals surface area (Å²) in [5.41, 5.74) is -2.89. The van der Waals surface area contributed by atoms with Gasteiger partial charge < -0.3 is 9.84 Å². The van der Waals surface area contributed by atoms with Crippen LogP contribution >= 0.6 is 34.7 Å². The van der Waals surface area contributed by atoms with E-state index < -0.39 is 17.3 Å². The second-order valence-electron chi connectivity index (χ2n) is 6.05. The number of ether oxygens (including phenoxy) is 1. The highest BCUT2D eigenvalue weighted by Crippen LogP contribution is 2.44. The number of aliphatic imine (C=N–C) groups is 1. The number of methoxy groups -OCH3 is 1. The van der Waals surface area contributed by atoms with E-state index >= 15 is 0 Å². The average molecular weight is 464 g/mol. The van der Waals surface area contributed by atoms with Crippen molar-refractivity contribution in [1.82, 2.24) is 0 Å². The number of Topliss-reactive ketones (excluding diaryl/α,β-unsaturated/α-hetero) is 1. The van der Waals surface area contributed by atoms with Gasteiger partial charge in [-0.2, -0.15) is 13.2 Å². The van der Waals surface area contributed by atoms with Crippen molar-refractivity contribution in [1.29, 1.82) is 0 Å². The summed E-state index contributed by atoms with van der Waals surface area (Å²) < 4.78 is 43.1. The topological polar surface area (TPSA) is 76.0 Å². The number of carbonyl (C=O) groups is 2. The van der Waals surface area contributed by atoms with Crippen LogP contribution in [0.15, 0.2) is 54.5 Å². The molecule has 0 unspecified atom stereocenters. The molecule has 0 saturated heterocycles. The van der Waals surface area contributed by atoms with Crippen LogP contribution < -0.4 is 0 Å². The molecule has 11 heteroatoms. The fraction of sp³-hybridized carbons (Fsp3) is 0.278. The number of halogens is 4. The lowest BCUT2D eigenvalue weighted by Crippen LogP contribution is -2.20. The van der Waals surface area contributed by atoms with E-state index in [2.05, 4.69) is 4.99 Å². The van der Waals surface area contributed by atoms with E-state index in [0.29, 0.717) is 33.9 Å². The van der Waals surface area contributed by atoms with E-state index in [1.54, 1.807) is 6.92 Å². The predicted molar refractivity (Wildman–Crippen MR) is 104 cm³/mol. The van der Waals surface area contributed by atoms with Crippen LogP contribution in [-0.2, 0) is 9.53 Å². The van der Waals surface area contributed by atoms with Gasteiger partial charge in [-0.3, -0.25) is 14.6 Å². The summed E-state index contributed by atoms with van der Waals surface area (Å²) in [5.74, 6) is -1.63. The highest BCUT2D eigenvalue weighted by atomic mass is 35.5. The molecule has 1 aromatic heterocycles. The normalized spacial score (nSPS) is 17.0. The zero-order chi connectivity index (χ0) is 21.5. The van der Waals surface area contributed by atoms with E-state index in [0.717, 1.165) is 0 Å². The molecule has 0 aromatic carbocycles. The molecular formula is C18H13ClF3NO4S2. The Kier molecular flexibility index (Phi) is 5.98. The Labute approximate surface area is 176 Å². The Hall–Kier alpha value is -2.04. The second kappa shape index (κ2) is 8.00. The first kappa shape index (κ1) is 21.7. The number of aliphatic carboxylic acids is 1. The van der Waals surface area contributed by atoms with Gasteiger partial charge in [-0.1, -0.05) is 11.6 Å². The smallest absolute Gasteiger partial charge is 0.447 e. The van der Waals surface area contributed by atoms with Gasteiger partial charge in [-0.15, -0.1) is 11.3 Å². The minimum Gasteiger partial charge on any atom is -0.495 e.